The summed E-state index contributed by atoms with van der Waals surface area (Å²) in [6.07, 6.45) is 0.744. The summed E-state index contributed by atoms with van der Waals surface area (Å²) < 4.78 is 15.0. The SMILES string of the molecule is C=CC(=O)OC[CH2-].[CH2-]COC(C)Oc1ccc(C(=O)c2ccccc2)cc1.[U+2]. The molecule has 0 aliphatic heterocycles. The van der Waals surface area contributed by atoms with E-state index >= 15 is 0 Å². The fourth-order valence-electron chi connectivity index (χ4n) is 1.99. The quantitative estimate of drug-likeness (QED) is 0.149. The fraction of sp³-hybridized carbons (Fsp3) is 0.182. The van der Waals surface area contributed by atoms with Crippen molar-refractivity contribution in [3.63, 3.8) is 0 Å². The van der Waals surface area contributed by atoms with Gasteiger partial charge in [-0.2, -0.15) is 0 Å². The first kappa shape index (κ1) is 26.1. The molecule has 0 aliphatic rings. The monoisotopic (exact) mass is 606 g/mol. The summed E-state index contributed by atoms with van der Waals surface area (Å²) in [5.74, 6) is 0.241. The first-order valence-corrected chi connectivity index (χ1v) is 8.37. The van der Waals surface area contributed by atoms with E-state index in [1.54, 1.807) is 43.3 Å². The van der Waals surface area contributed by atoms with E-state index in [9.17, 15) is 9.59 Å². The molecule has 0 bridgehead atoms. The van der Waals surface area contributed by atoms with Crippen LogP contribution in [0.4, 0.5) is 0 Å². The molecule has 2 aromatic rings. The van der Waals surface area contributed by atoms with Crippen LogP contribution in [0, 0.1) is 45.0 Å². The molecule has 2 rings (SSSR count). The van der Waals surface area contributed by atoms with Gasteiger partial charge in [0.1, 0.15) is 5.75 Å². The number of carbonyl (C=O) groups excluding carboxylic acids is 2. The van der Waals surface area contributed by atoms with Crippen molar-refractivity contribution in [1.82, 2.24) is 0 Å². The van der Waals surface area contributed by atoms with Crippen molar-refractivity contribution in [2.75, 3.05) is 13.2 Å². The molecule has 28 heavy (non-hydrogen) atoms. The molecule has 0 spiro atoms. The molecule has 0 amide bonds. The molecular weight excluding hydrogens is 582 g/mol. The molecule has 1 atom stereocenters. The topological polar surface area (TPSA) is 61.8 Å². The van der Waals surface area contributed by atoms with Gasteiger partial charge in [-0.1, -0.05) is 43.5 Å². The van der Waals surface area contributed by atoms with Gasteiger partial charge in [0.25, 0.3) is 0 Å². The summed E-state index contributed by atoms with van der Waals surface area (Å²) >= 11 is 0. The van der Waals surface area contributed by atoms with E-state index in [0.29, 0.717) is 23.5 Å². The first-order valence-electron chi connectivity index (χ1n) is 8.37. The zero-order chi connectivity index (χ0) is 20.1. The largest absolute Gasteiger partial charge is 2.00 e. The molecule has 0 N–H and O–H groups in total. The third-order valence-corrected chi connectivity index (χ3v) is 3.22. The van der Waals surface area contributed by atoms with Crippen LogP contribution in [0.2, 0.25) is 0 Å². The fourth-order valence-corrected chi connectivity index (χ4v) is 1.99. The van der Waals surface area contributed by atoms with E-state index in [2.05, 4.69) is 25.2 Å². The average molecular weight is 606 g/mol. The van der Waals surface area contributed by atoms with E-state index in [4.69, 9.17) is 9.47 Å². The van der Waals surface area contributed by atoms with Gasteiger partial charge in [-0.05, 0) is 37.8 Å². The van der Waals surface area contributed by atoms with Gasteiger partial charge >= 0.3 is 37.1 Å². The van der Waals surface area contributed by atoms with E-state index < -0.39 is 5.97 Å². The van der Waals surface area contributed by atoms with Crippen LogP contribution in [-0.4, -0.2) is 31.3 Å². The molecule has 0 radical (unpaired) electrons. The third kappa shape index (κ3) is 9.89. The van der Waals surface area contributed by atoms with Crippen LogP contribution in [0.15, 0.2) is 67.3 Å². The van der Waals surface area contributed by atoms with Gasteiger partial charge < -0.3 is 28.1 Å². The molecular formula is C22H24O5U. The maximum absolute atomic E-state index is 12.2. The Labute approximate surface area is 190 Å². The minimum Gasteiger partial charge on any atom is -0.496 e. The van der Waals surface area contributed by atoms with E-state index in [-0.39, 0.29) is 49.8 Å². The molecule has 0 saturated heterocycles. The summed E-state index contributed by atoms with van der Waals surface area (Å²) in [5, 5.41) is 0. The minimum absolute atomic E-state index is 0. The third-order valence-electron chi connectivity index (χ3n) is 3.22. The van der Waals surface area contributed by atoms with Gasteiger partial charge in [0, 0.05) is 17.2 Å². The molecule has 1 unspecified atom stereocenters. The maximum Gasteiger partial charge on any atom is 2.00 e. The van der Waals surface area contributed by atoms with Crippen LogP contribution in [-0.2, 0) is 14.3 Å². The number of hydrogen-bond acceptors (Lipinski definition) is 5. The van der Waals surface area contributed by atoms with Crippen molar-refractivity contribution >= 4 is 11.8 Å². The Bertz CT molecular complexity index is 713. The molecule has 0 aliphatic carbocycles. The van der Waals surface area contributed by atoms with Crippen LogP contribution in [0.5, 0.6) is 5.75 Å². The van der Waals surface area contributed by atoms with Crippen LogP contribution < -0.4 is 4.74 Å². The summed E-state index contributed by atoms with van der Waals surface area (Å²) in [7, 11) is 0. The molecule has 0 fully saturated rings. The second-order valence-corrected chi connectivity index (χ2v) is 5.15. The molecule has 146 valence electrons. The Kier molecular flexibility index (Phi) is 14.1. The zero-order valence-corrected chi connectivity index (χ0v) is 20.1. The number of carbonyl (C=O) groups is 2. The number of ketones is 1. The predicted octanol–water partition coefficient (Wildman–Crippen LogP) is 4.04. The standard InChI is InChI=1S/C17H17O3.C5H7O2.U/c1-3-19-13(2)20-16-11-9-15(10-12-16)17(18)14-7-5-4-6-8-14;1-3-5(6)7-4-2;/h4-13H,1,3H2,2H3;3H,1-2,4H2;/q2*-1;+2. The Morgan fingerprint density at radius 3 is 2.04 bits per heavy atom. The van der Waals surface area contributed by atoms with Crippen molar-refractivity contribution in [2.24, 2.45) is 0 Å². The van der Waals surface area contributed by atoms with Crippen molar-refractivity contribution in [1.29, 1.82) is 0 Å². The average Bonchev–Trinajstić information content (AvgIpc) is 2.69. The smallest absolute Gasteiger partial charge is 0.496 e. The van der Waals surface area contributed by atoms with Gasteiger partial charge in [0.05, 0.1) is 0 Å². The predicted molar refractivity (Wildman–Crippen MR) is 104 cm³/mol. The molecule has 0 heterocycles. The van der Waals surface area contributed by atoms with Gasteiger partial charge in [-0.3, -0.25) is 4.79 Å². The van der Waals surface area contributed by atoms with E-state index in [1.807, 2.05) is 18.2 Å². The van der Waals surface area contributed by atoms with Crippen molar-refractivity contribution < 1.29 is 54.9 Å². The van der Waals surface area contributed by atoms with Crippen LogP contribution in [0.1, 0.15) is 22.8 Å². The Morgan fingerprint density at radius 1 is 1.00 bits per heavy atom. The number of benzene rings is 2. The minimum atomic E-state index is -0.421. The Hall–Kier alpha value is -1.87. The van der Waals surface area contributed by atoms with Gasteiger partial charge in [0.2, 0.25) is 0 Å². The number of ether oxygens (including phenoxy) is 3. The van der Waals surface area contributed by atoms with E-state index in [1.165, 1.54) is 0 Å². The molecule has 0 saturated carbocycles. The van der Waals surface area contributed by atoms with Gasteiger partial charge in [-0.25, -0.2) is 4.79 Å². The van der Waals surface area contributed by atoms with Crippen LogP contribution in [0.3, 0.4) is 0 Å². The normalized spacial score (nSPS) is 10.4. The number of hydrogen-bond donors (Lipinski definition) is 0. The Morgan fingerprint density at radius 2 is 1.57 bits per heavy atom. The summed E-state index contributed by atoms with van der Waals surface area (Å²) in [6, 6.07) is 16.2. The van der Waals surface area contributed by atoms with Crippen molar-refractivity contribution in [3.8, 4) is 5.75 Å². The summed E-state index contributed by atoms with van der Waals surface area (Å²) in [5.41, 5.74) is 1.31. The Balaban J connectivity index is 0.000000786. The van der Waals surface area contributed by atoms with Crippen molar-refractivity contribution in [3.05, 3.63) is 92.2 Å². The number of rotatable bonds is 8. The van der Waals surface area contributed by atoms with Crippen LogP contribution >= 0.6 is 0 Å². The number of esters is 1. The van der Waals surface area contributed by atoms with E-state index in [0.717, 1.165) is 6.08 Å². The van der Waals surface area contributed by atoms with Crippen LogP contribution in [0.25, 0.3) is 0 Å². The molecule has 5 nitrogen and oxygen atoms in total. The summed E-state index contributed by atoms with van der Waals surface area (Å²) in [6.45, 7) is 12.4. The molecule has 2 aromatic carbocycles. The maximum atomic E-state index is 12.2. The first-order chi connectivity index (χ1) is 13.0. The second-order valence-electron chi connectivity index (χ2n) is 5.15. The molecule has 0 aromatic heterocycles. The van der Waals surface area contributed by atoms with Gasteiger partial charge in [0.15, 0.2) is 12.1 Å². The van der Waals surface area contributed by atoms with Gasteiger partial charge in [-0.15, -0.1) is 0 Å². The zero-order valence-electron chi connectivity index (χ0n) is 15.9. The van der Waals surface area contributed by atoms with Crippen molar-refractivity contribution in [2.45, 2.75) is 13.2 Å². The molecule has 6 heteroatoms. The summed E-state index contributed by atoms with van der Waals surface area (Å²) in [4.78, 5) is 22.2. The second kappa shape index (κ2) is 15.1.